The molecule has 2 aromatic rings. The topological polar surface area (TPSA) is 85.8 Å². The molecule has 2 rings (SSSR count). The van der Waals surface area contributed by atoms with Crippen molar-refractivity contribution in [1.82, 2.24) is 14.8 Å². The van der Waals surface area contributed by atoms with Crippen molar-refractivity contribution in [3.05, 3.63) is 35.9 Å². The number of benzene rings is 1. The van der Waals surface area contributed by atoms with E-state index in [9.17, 15) is 4.79 Å². The molecule has 3 N–H and O–H groups in total. The Morgan fingerprint density at radius 1 is 1.50 bits per heavy atom. The number of anilines is 1. The monoisotopic (exact) mass is 265 g/mol. The first-order valence-electron chi connectivity index (χ1n) is 5.35. The molecule has 0 aliphatic carbocycles. The lowest BCUT2D eigenvalue weighted by molar-refractivity contribution is -0.116. The Labute approximate surface area is 109 Å². The summed E-state index contributed by atoms with van der Waals surface area (Å²) in [5, 5.41) is 7.29. The van der Waals surface area contributed by atoms with E-state index in [1.54, 1.807) is 29.2 Å². The summed E-state index contributed by atoms with van der Waals surface area (Å²) in [7, 11) is 0. The van der Waals surface area contributed by atoms with Gasteiger partial charge in [0.25, 0.3) is 0 Å². The molecule has 0 bridgehead atoms. The van der Waals surface area contributed by atoms with Crippen LogP contribution < -0.4 is 11.1 Å². The SMILES string of the molecule is NCCC(=O)Nc1cc(Cl)ccc1-n1cncn1. The number of rotatable bonds is 4. The molecule has 1 amide bonds. The standard InChI is InChI=1S/C11H12ClN5O/c12-8-1-2-10(17-7-14-6-15-17)9(5-8)16-11(18)3-4-13/h1-2,5-7H,3-4,13H2,(H,16,18). The van der Waals surface area contributed by atoms with Gasteiger partial charge in [0.05, 0.1) is 11.4 Å². The lowest BCUT2D eigenvalue weighted by atomic mass is 10.2. The van der Waals surface area contributed by atoms with Gasteiger partial charge in [-0.25, -0.2) is 9.67 Å². The molecule has 0 aliphatic heterocycles. The minimum absolute atomic E-state index is 0.166. The number of amides is 1. The summed E-state index contributed by atoms with van der Waals surface area (Å²) in [6, 6.07) is 5.14. The molecular formula is C11H12ClN5O. The second-order valence-corrected chi connectivity index (χ2v) is 4.02. The third-order valence-electron chi connectivity index (χ3n) is 2.27. The highest BCUT2D eigenvalue weighted by molar-refractivity contribution is 6.31. The van der Waals surface area contributed by atoms with Crippen molar-refractivity contribution in [3.8, 4) is 5.69 Å². The molecule has 0 unspecified atom stereocenters. The van der Waals surface area contributed by atoms with E-state index in [4.69, 9.17) is 17.3 Å². The zero-order valence-electron chi connectivity index (χ0n) is 9.51. The normalized spacial score (nSPS) is 10.3. The molecule has 1 aromatic heterocycles. The maximum Gasteiger partial charge on any atom is 0.225 e. The lowest BCUT2D eigenvalue weighted by Crippen LogP contribution is -2.17. The average molecular weight is 266 g/mol. The number of aromatic nitrogens is 3. The van der Waals surface area contributed by atoms with Gasteiger partial charge >= 0.3 is 0 Å². The van der Waals surface area contributed by atoms with Crippen molar-refractivity contribution in [3.63, 3.8) is 0 Å². The summed E-state index contributed by atoms with van der Waals surface area (Å²) in [6.45, 7) is 0.297. The highest BCUT2D eigenvalue weighted by atomic mass is 35.5. The molecular weight excluding hydrogens is 254 g/mol. The van der Waals surface area contributed by atoms with E-state index in [0.29, 0.717) is 22.9 Å². The van der Waals surface area contributed by atoms with Crippen LogP contribution >= 0.6 is 11.6 Å². The van der Waals surface area contributed by atoms with Gasteiger partial charge in [-0.05, 0) is 18.2 Å². The largest absolute Gasteiger partial charge is 0.330 e. The second-order valence-electron chi connectivity index (χ2n) is 3.59. The van der Waals surface area contributed by atoms with Crippen molar-refractivity contribution < 1.29 is 4.79 Å². The zero-order valence-corrected chi connectivity index (χ0v) is 10.3. The van der Waals surface area contributed by atoms with Crippen LogP contribution in [0.25, 0.3) is 5.69 Å². The van der Waals surface area contributed by atoms with E-state index in [-0.39, 0.29) is 12.3 Å². The van der Waals surface area contributed by atoms with Gasteiger partial charge in [0.1, 0.15) is 12.7 Å². The molecule has 94 valence electrons. The van der Waals surface area contributed by atoms with E-state index in [2.05, 4.69) is 15.4 Å². The average Bonchev–Trinajstić information content (AvgIpc) is 2.83. The summed E-state index contributed by atoms with van der Waals surface area (Å²) in [5.74, 6) is -0.166. The fourth-order valence-electron chi connectivity index (χ4n) is 1.48. The van der Waals surface area contributed by atoms with E-state index in [1.807, 2.05) is 0 Å². The lowest BCUT2D eigenvalue weighted by Gasteiger charge is -2.10. The molecule has 1 heterocycles. The van der Waals surface area contributed by atoms with Crippen molar-refractivity contribution in [2.24, 2.45) is 5.73 Å². The molecule has 6 nitrogen and oxygen atoms in total. The summed E-state index contributed by atoms with van der Waals surface area (Å²) in [6.07, 6.45) is 3.21. The Hall–Kier alpha value is -1.92. The number of halogens is 1. The van der Waals surface area contributed by atoms with Gasteiger partial charge in [0.15, 0.2) is 0 Å². The number of nitrogens with one attached hydrogen (secondary N) is 1. The molecule has 18 heavy (non-hydrogen) atoms. The molecule has 0 saturated carbocycles. The molecule has 1 aromatic carbocycles. The van der Waals surface area contributed by atoms with Crippen LogP contribution in [0.1, 0.15) is 6.42 Å². The number of hydrogen-bond acceptors (Lipinski definition) is 4. The van der Waals surface area contributed by atoms with Crippen molar-refractivity contribution in [2.75, 3.05) is 11.9 Å². The summed E-state index contributed by atoms with van der Waals surface area (Å²) in [4.78, 5) is 15.4. The summed E-state index contributed by atoms with van der Waals surface area (Å²) < 4.78 is 1.55. The maximum absolute atomic E-state index is 11.6. The molecule has 0 fully saturated rings. The number of nitrogens with zero attached hydrogens (tertiary/aromatic N) is 3. The maximum atomic E-state index is 11.6. The Bertz CT molecular complexity index is 540. The van der Waals surface area contributed by atoms with Gasteiger partial charge in [-0.3, -0.25) is 4.79 Å². The third kappa shape index (κ3) is 2.85. The van der Waals surface area contributed by atoms with Crippen molar-refractivity contribution in [2.45, 2.75) is 6.42 Å². The van der Waals surface area contributed by atoms with Crippen LogP contribution in [0.3, 0.4) is 0 Å². The zero-order chi connectivity index (χ0) is 13.0. The van der Waals surface area contributed by atoms with E-state index >= 15 is 0 Å². The summed E-state index contributed by atoms with van der Waals surface area (Å²) in [5.41, 5.74) is 6.60. The van der Waals surface area contributed by atoms with Crippen LogP contribution in [0.15, 0.2) is 30.9 Å². The van der Waals surface area contributed by atoms with Gasteiger partial charge in [-0.2, -0.15) is 5.10 Å². The van der Waals surface area contributed by atoms with Crippen LogP contribution in [-0.4, -0.2) is 27.2 Å². The van der Waals surface area contributed by atoms with Gasteiger partial charge in [-0.15, -0.1) is 0 Å². The second kappa shape index (κ2) is 5.61. The molecule has 0 aliphatic rings. The number of hydrogen-bond donors (Lipinski definition) is 2. The van der Waals surface area contributed by atoms with E-state index in [1.165, 1.54) is 6.33 Å². The minimum Gasteiger partial charge on any atom is -0.330 e. The first-order valence-corrected chi connectivity index (χ1v) is 5.73. The van der Waals surface area contributed by atoms with Crippen LogP contribution in [0, 0.1) is 0 Å². The smallest absolute Gasteiger partial charge is 0.225 e. The Morgan fingerprint density at radius 2 is 2.33 bits per heavy atom. The molecule has 0 spiro atoms. The molecule has 7 heteroatoms. The summed E-state index contributed by atoms with van der Waals surface area (Å²) >= 11 is 5.92. The predicted molar refractivity (Wildman–Crippen MR) is 68.7 cm³/mol. The Morgan fingerprint density at radius 3 is 3.00 bits per heavy atom. The van der Waals surface area contributed by atoms with Crippen LogP contribution in [0.5, 0.6) is 0 Å². The van der Waals surface area contributed by atoms with Crippen molar-refractivity contribution >= 4 is 23.2 Å². The van der Waals surface area contributed by atoms with Crippen LogP contribution in [0.2, 0.25) is 5.02 Å². The molecule has 0 radical (unpaired) electrons. The van der Waals surface area contributed by atoms with Gasteiger partial charge in [-0.1, -0.05) is 11.6 Å². The minimum atomic E-state index is -0.166. The van der Waals surface area contributed by atoms with E-state index < -0.39 is 0 Å². The number of carbonyl (C=O) groups excluding carboxylic acids is 1. The fourth-order valence-corrected chi connectivity index (χ4v) is 1.66. The highest BCUT2D eigenvalue weighted by Crippen LogP contribution is 2.23. The first-order chi connectivity index (χ1) is 8.70. The fraction of sp³-hybridized carbons (Fsp3) is 0.182. The predicted octanol–water partition coefficient (Wildman–Crippen LogP) is 1.21. The van der Waals surface area contributed by atoms with Crippen LogP contribution in [0.4, 0.5) is 5.69 Å². The quantitative estimate of drug-likeness (QED) is 0.870. The number of nitrogens with two attached hydrogens (primary N) is 1. The molecule has 0 atom stereocenters. The number of carbonyl (C=O) groups is 1. The first kappa shape index (κ1) is 12.5. The van der Waals surface area contributed by atoms with Gasteiger partial charge in [0.2, 0.25) is 5.91 Å². The Balaban J connectivity index is 2.32. The molecule has 0 saturated heterocycles. The third-order valence-corrected chi connectivity index (χ3v) is 2.50. The highest BCUT2D eigenvalue weighted by Gasteiger charge is 2.09. The van der Waals surface area contributed by atoms with E-state index in [0.717, 1.165) is 0 Å². The van der Waals surface area contributed by atoms with Gasteiger partial charge < -0.3 is 11.1 Å². The van der Waals surface area contributed by atoms with Crippen molar-refractivity contribution in [1.29, 1.82) is 0 Å². The Kier molecular flexibility index (Phi) is 3.91. The van der Waals surface area contributed by atoms with Crippen LogP contribution in [-0.2, 0) is 4.79 Å². The van der Waals surface area contributed by atoms with Gasteiger partial charge in [0, 0.05) is 18.0 Å².